The Morgan fingerprint density at radius 2 is 2.18 bits per heavy atom. The van der Waals surface area contributed by atoms with Crippen molar-refractivity contribution >= 4 is 5.82 Å². The largest absolute Gasteiger partial charge is 0.355 e. The van der Waals surface area contributed by atoms with Gasteiger partial charge in [-0.05, 0) is 44.0 Å². The molecule has 22 heavy (non-hydrogen) atoms. The van der Waals surface area contributed by atoms with Gasteiger partial charge < -0.3 is 4.90 Å². The molecule has 1 saturated heterocycles. The first-order valence-electron chi connectivity index (χ1n) is 7.86. The third-order valence-electron chi connectivity index (χ3n) is 4.47. The van der Waals surface area contributed by atoms with E-state index in [1.807, 2.05) is 18.3 Å². The van der Waals surface area contributed by atoms with E-state index in [2.05, 4.69) is 44.8 Å². The fourth-order valence-electron chi connectivity index (χ4n) is 3.10. The number of nitrogens with zero attached hydrogens (tertiary/aromatic N) is 5. The summed E-state index contributed by atoms with van der Waals surface area (Å²) >= 11 is 0. The van der Waals surface area contributed by atoms with Gasteiger partial charge >= 0.3 is 0 Å². The smallest absolute Gasteiger partial charge is 0.131 e. The maximum Gasteiger partial charge on any atom is 0.131 e. The molecular weight excluding hydrogens is 274 g/mol. The van der Waals surface area contributed by atoms with Gasteiger partial charge in [0.15, 0.2) is 0 Å². The molecule has 0 aliphatic carbocycles. The van der Waals surface area contributed by atoms with Crippen LogP contribution in [0.3, 0.4) is 0 Å². The number of anilines is 1. The summed E-state index contributed by atoms with van der Waals surface area (Å²) in [6.07, 6.45) is 7.72. The highest BCUT2D eigenvalue weighted by Crippen LogP contribution is 2.21. The molecule has 1 unspecified atom stereocenters. The van der Waals surface area contributed by atoms with Crippen LogP contribution in [-0.4, -0.2) is 46.0 Å². The number of pyridine rings is 1. The van der Waals surface area contributed by atoms with Crippen molar-refractivity contribution in [1.82, 2.24) is 19.9 Å². The van der Waals surface area contributed by atoms with Gasteiger partial charge in [0.2, 0.25) is 0 Å². The van der Waals surface area contributed by atoms with Gasteiger partial charge in [0, 0.05) is 44.3 Å². The van der Waals surface area contributed by atoms with Gasteiger partial charge in [-0.15, -0.1) is 0 Å². The molecule has 2 aromatic heterocycles. The molecule has 116 valence electrons. The summed E-state index contributed by atoms with van der Waals surface area (Å²) in [4.78, 5) is 17.6. The molecule has 0 bridgehead atoms. The molecule has 3 heterocycles. The van der Waals surface area contributed by atoms with Gasteiger partial charge in [0.25, 0.3) is 0 Å². The van der Waals surface area contributed by atoms with Gasteiger partial charge in [0.05, 0.1) is 0 Å². The molecule has 1 fully saturated rings. The summed E-state index contributed by atoms with van der Waals surface area (Å²) in [6, 6.07) is 6.68. The quantitative estimate of drug-likeness (QED) is 0.866. The highest BCUT2D eigenvalue weighted by molar-refractivity contribution is 5.37. The van der Waals surface area contributed by atoms with Gasteiger partial charge in [-0.3, -0.25) is 9.88 Å². The molecule has 1 atom stereocenters. The van der Waals surface area contributed by atoms with Crippen LogP contribution in [-0.2, 0) is 6.54 Å². The second-order valence-corrected chi connectivity index (χ2v) is 5.96. The van der Waals surface area contributed by atoms with Gasteiger partial charge in [-0.2, -0.15) is 0 Å². The topological polar surface area (TPSA) is 45.2 Å². The predicted octanol–water partition coefficient (Wildman–Crippen LogP) is 2.28. The van der Waals surface area contributed by atoms with Crippen LogP contribution in [0.4, 0.5) is 5.82 Å². The molecule has 5 heteroatoms. The lowest BCUT2D eigenvalue weighted by Gasteiger charge is -2.38. The Morgan fingerprint density at radius 1 is 1.27 bits per heavy atom. The summed E-state index contributed by atoms with van der Waals surface area (Å²) in [5.41, 5.74) is 2.46. The Bertz CT molecular complexity index is 601. The number of hydrogen-bond donors (Lipinski definition) is 0. The van der Waals surface area contributed by atoms with Crippen molar-refractivity contribution in [2.75, 3.05) is 25.0 Å². The summed E-state index contributed by atoms with van der Waals surface area (Å²) < 4.78 is 0. The Hall–Kier alpha value is -2.01. The van der Waals surface area contributed by atoms with Gasteiger partial charge in [0.1, 0.15) is 12.1 Å². The van der Waals surface area contributed by atoms with E-state index in [4.69, 9.17) is 0 Å². The maximum atomic E-state index is 4.39. The van der Waals surface area contributed by atoms with Crippen molar-refractivity contribution in [2.24, 2.45) is 0 Å². The average molecular weight is 297 g/mol. The number of hydrogen-bond acceptors (Lipinski definition) is 5. The summed E-state index contributed by atoms with van der Waals surface area (Å²) in [5.74, 6) is 0.999. The zero-order valence-corrected chi connectivity index (χ0v) is 13.3. The first-order valence-corrected chi connectivity index (χ1v) is 7.86. The minimum Gasteiger partial charge on any atom is -0.355 e. The summed E-state index contributed by atoms with van der Waals surface area (Å²) in [5, 5.41) is 0. The molecule has 1 aliphatic rings. The SMILES string of the molecule is Cc1ncccc1CN1CCCC(N(C)c2ccncn2)C1. The monoisotopic (exact) mass is 297 g/mol. The molecule has 3 rings (SSSR count). The number of aromatic nitrogens is 3. The highest BCUT2D eigenvalue weighted by atomic mass is 15.2. The van der Waals surface area contributed by atoms with Crippen molar-refractivity contribution in [1.29, 1.82) is 0 Å². The van der Waals surface area contributed by atoms with Gasteiger partial charge in [-0.25, -0.2) is 9.97 Å². The Kier molecular flexibility index (Phi) is 4.63. The number of piperidine rings is 1. The molecule has 0 amide bonds. The van der Waals surface area contributed by atoms with E-state index in [1.54, 1.807) is 12.5 Å². The van der Waals surface area contributed by atoms with Crippen LogP contribution < -0.4 is 4.90 Å². The normalized spacial score (nSPS) is 19.1. The zero-order chi connectivity index (χ0) is 15.4. The molecule has 0 aromatic carbocycles. The number of likely N-dealkylation sites (tertiary alicyclic amines) is 1. The van der Waals surface area contributed by atoms with Crippen molar-refractivity contribution < 1.29 is 0 Å². The van der Waals surface area contributed by atoms with Crippen LogP contribution in [0.5, 0.6) is 0 Å². The fraction of sp³-hybridized carbons (Fsp3) is 0.471. The van der Waals surface area contributed by atoms with E-state index >= 15 is 0 Å². The van der Waals surface area contributed by atoms with Crippen molar-refractivity contribution in [2.45, 2.75) is 32.4 Å². The van der Waals surface area contributed by atoms with Crippen LogP contribution in [0.1, 0.15) is 24.1 Å². The second-order valence-electron chi connectivity index (χ2n) is 5.96. The lowest BCUT2D eigenvalue weighted by atomic mass is 10.0. The molecule has 0 saturated carbocycles. The molecule has 0 radical (unpaired) electrons. The fourth-order valence-corrected chi connectivity index (χ4v) is 3.10. The molecule has 5 nitrogen and oxygen atoms in total. The predicted molar refractivity (Wildman–Crippen MR) is 87.7 cm³/mol. The van der Waals surface area contributed by atoms with Gasteiger partial charge in [-0.1, -0.05) is 6.07 Å². The Balaban J connectivity index is 1.66. The Labute approximate surface area is 132 Å². The summed E-state index contributed by atoms with van der Waals surface area (Å²) in [6.45, 7) is 5.29. The van der Waals surface area contributed by atoms with Crippen LogP contribution in [0.25, 0.3) is 0 Å². The second kappa shape index (κ2) is 6.83. The molecule has 0 spiro atoms. The minimum absolute atomic E-state index is 0.501. The van der Waals surface area contributed by atoms with Crippen molar-refractivity contribution in [3.05, 3.63) is 48.2 Å². The highest BCUT2D eigenvalue weighted by Gasteiger charge is 2.24. The lowest BCUT2D eigenvalue weighted by molar-refractivity contribution is 0.198. The third kappa shape index (κ3) is 3.42. The first-order chi connectivity index (χ1) is 10.7. The third-order valence-corrected chi connectivity index (χ3v) is 4.47. The standard InChI is InChI=1S/C17H23N5/c1-14-15(5-3-8-19-14)11-22-10-4-6-16(12-22)21(2)17-7-9-18-13-20-17/h3,5,7-9,13,16H,4,6,10-12H2,1-2H3. The van der Waals surface area contributed by atoms with E-state index in [0.29, 0.717) is 6.04 Å². The van der Waals surface area contributed by atoms with Crippen LogP contribution in [0.2, 0.25) is 0 Å². The number of aryl methyl sites for hydroxylation is 1. The zero-order valence-electron chi connectivity index (χ0n) is 13.3. The molecule has 0 N–H and O–H groups in total. The Morgan fingerprint density at radius 3 is 2.95 bits per heavy atom. The van der Waals surface area contributed by atoms with Crippen LogP contribution in [0.15, 0.2) is 36.9 Å². The van der Waals surface area contributed by atoms with E-state index in [0.717, 1.165) is 31.1 Å². The lowest BCUT2D eigenvalue weighted by Crippen LogP contribution is -2.46. The maximum absolute atomic E-state index is 4.39. The molecular formula is C17H23N5. The molecule has 1 aliphatic heterocycles. The van der Waals surface area contributed by atoms with E-state index in [-0.39, 0.29) is 0 Å². The average Bonchev–Trinajstić information content (AvgIpc) is 2.57. The first kappa shape index (κ1) is 14.9. The van der Waals surface area contributed by atoms with E-state index in [1.165, 1.54) is 18.4 Å². The van der Waals surface area contributed by atoms with Crippen molar-refractivity contribution in [3.8, 4) is 0 Å². The number of rotatable bonds is 4. The van der Waals surface area contributed by atoms with E-state index in [9.17, 15) is 0 Å². The minimum atomic E-state index is 0.501. The van der Waals surface area contributed by atoms with Crippen molar-refractivity contribution in [3.63, 3.8) is 0 Å². The van der Waals surface area contributed by atoms with E-state index < -0.39 is 0 Å². The summed E-state index contributed by atoms with van der Waals surface area (Å²) in [7, 11) is 2.13. The number of likely N-dealkylation sites (N-methyl/N-ethyl adjacent to an activating group) is 1. The van der Waals surface area contributed by atoms with Crippen LogP contribution in [0, 0.1) is 6.92 Å². The van der Waals surface area contributed by atoms with Crippen LogP contribution >= 0.6 is 0 Å². The molecule has 2 aromatic rings.